The number of benzene rings is 1. The zero-order valence-corrected chi connectivity index (χ0v) is 14.0. The molecule has 1 N–H and O–H groups in total. The van der Waals surface area contributed by atoms with E-state index in [0.717, 1.165) is 35.5 Å². The number of aromatic nitrogens is 6. The fourth-order valence-corrected chi connectivity index (χ4v) is 2.68. The highest BCUT2D eigenvalue weighted by atomic mass is 16.1. The maximum absolute atomic E-state index is 12.1. The molecule has 25 heavy (non-hydrogen) atoms. The molecule has 2 aromatic heterocycles. The van der Waals surface area contributed by atoms with Crippen molar-refractivity contribution in [1.82, 2.24) is 30.0 Å². The van der Waals surface area contributed by atoms with E-state index in [-0.39, 0.29) is 5.91 Å². The van der Waals surface area contributed by atoms with Gasteiger partial charge in [0.15, 0.2) is 5.82 Å². The van der Waals surface area contributed by atoms with Gasteiger partial charge < -0.3 is 5.32 Å². The Morgan fingerprint density at radius 1 is 1.28 bits per heavy atom. The van der Waals surface area contributed by atoms with Crippen LogP contribution >= 0.6 is 0 Å². The Bertz CT molecular complexity index is 877. The number of aryl methyl sites for hydroxylation is 2. The molecule has 4 rings (SSSR count). The van der Waals surface area contributed by atoms with Crippen LogP contribution in [0.25, 0.3) is 11.4 Å². The Hall–Kier alpha value is -3.03. The van der Waals surface area contributed by atoms with Gasteiger partial charge in [-0.2, -0.15) is 5.10 Å². The molecule has 128 valence electrons. The fourth-order valence-electron chi connectivity index (χ4n) is 2.68. The van der Waals surface area contributed by atoms with E-state index in [2.05, 4.69) is 25.9 Å². The Balaban J connectivity index is 1.36. The smallest absolute Gasteiger partial charge is 0.226 e. The second-order valence-electron chi connectivity index (χ2n) is 6.33. The van der Waals surface area contributed by atoms with Crippen molar-refractivity contribution in [2.24, 2.45) is 0 Å². The quantitative estimate of drug-likeness (QED) is 0.745. The number of hydrogen-bond donors (Lipinski definition) is 1. The molecule has 0 saturated heterocycles. The Kier molecular flexibility index (Phi) is 4.01. The van der Waals surface area contributed by atoms with Crippen molar-refractivity contribution >= 4 is 11.6 Å². The minimum Gasteiger partial charge on any atom is -0.326 e. The lowest BCUT2D eigenvalue weighted by atomic mass is 10.2. The molecule has 1 fully saturated rings. The molecule has 0 unspecified atom stereocenters. The van der Waals surface area contributed by atoms with Crippen molar-refractivity contribution in [3.63, 3.8) is 0 Å². The van der Waals surface area contributed by atoms with Crippen LogP contribution < -0.4 is 5.32 Å². The Morgan fingerprint density at radius 2 is 2.08 bits per heavy atom. The Morgan fingerprint density at radius 3 is 2.76 bits per heavy atom. The van der Waals surface area contributed by atoms with Gasteiger partial charge in [0.25, 0.3) is 0 Å². The van der Waals surface area contributed by atoms with Crippen LogP contribution in [0.15, 0.2) is 36.7 Å². The summed E-state index contributed by atoms with van der Waals surface area (Å²) in [5.74, 6) is 0.734. The summed E-state index contributed by atoms with van der Waals surface area (Å²) in [5, 5.41) is 19.0. The lowest BCUT2D eigenvalue weighted by molar-refractivity contribution is -0.116. The highest BCUT2D eigenvalue weighted by Crippen LogP contribution is 2.36. The molecule has 1 aromatic carbocycles. The van der Waals surface area contributed by atoms with Crippen molar-refractivity contribution in [3.8, 4) is 11.4 Å². The molecule has 1 amide bonds. The highest BCUT2D eigenvalue weighted by molar-refractivity contribution is 5.90. The minimum atomic E-state index is -0.0382. The van der Waals surface area contributed by atoms with Crippen LogP contribution in [0.2, 0.25) is 0 Å². The van der Waals surface area contributed by atoms with E-state index in [4.69, 9.17) is 0 Å². The van der Waals surface area contributed by atoms with Gasteiger partial charge in [0, 0.05) is 30.4 Å². The third kappa shape index (κ3) is 3.57. The number of carbonyl (C=O) groups is 1. The van der Waals surface area contributed by atoms with Crippen LogP contribution in [0.4, 0.5) is 5.69 Å². The highest BCUT2D eigenvalue weighted by Gasteiger charge is 2.28. The SMILES string of the molecule is Cc1cnn(CCC(=O)Nc2ccc(-c3nnnn3C3CC3)cc2)c1. The monoisotopic (exact) mass is 337 g/mol. The van der Waals surface area contributed by atoms with Crippen LogP contribution in [-0.4, -0.2) is 35.9 Å². The number of nitrogens with one attached hydrogen (secondary N) is 1. The molecule has 0 aliphatic heterocycles. The molecule has 2 heterocycles. The molecule has 1 saturated carbocycles. The van der Waals surface area contributed by atoms with Gasteiger partial charge in [0.05, 0.1) is 12.2 Å². The third-order valence-electron chi connectivity index (χ3n) is 4.14. The van der Waals surface area contributed by atoms with Crippen molar-refractivity contribution in [2.45, 2.75) is 38.8 Å². The van der Waals surface area contributed by atoms with Gasteiger partial charge in [-0.3, -0.25) is 9.48 Å². The molecule has 8 nitrogen and oxygen atoms in total. The summed E-state index contributed by atoms with van der Waals surface area (Å²) in [4.78, 5) is 12.1. The lowest BCUT2D eigenvalue weighted by Gasteiger charge is -2.07. The zero-order chi connectivity index (χ0) is 17.2. The van der Waals surface area contributed by atoms with E-state index < -0.39 is 0 Å². The van der Waals surface area contributed by atoms with E-state index in [1.54, 1.807) is 10.9 Å². The molecule has 1 aliphatic carbocycles. The number of nitrogens with zero attached hydrogens (tertiary/aromatic N) is 6. The summed E-state index contributed by atoms with van der Waals surface area (Å²) in [6, 6.07) is 8.03. The predicted octanol–water partition coefficient (Wildman–Crippen LogP) is 2.21. The average Bonchev–Trinajstić information content (AvgIpc) is 3.18. The predicted molar refractivity (Wildman–Crippen MR) is 91.7 cm³/mol. The number of tetrazole rings is 1. The number of anilines is 1. The molecule has 0 atom stereocenters. The molecule has 3 aromatic rings. The van der Waals surface area contributed by atoms with E-state index in [9.17, 15) is 4.79 Å². The summed E-state index contributed by atoms with van der Waals surface area (Å²) in [6.07, 6.45) is 6.34. The molecule has 0 spiro atoms. The lowest BCUT2D eigenvalue weighted by Crippen LogP contribution is -2.14. The fraction of sp³-hybridized carbons (Fsp3) is 0.353. The molecule has 0 radical (unpaired) electrons. The van der Waals surface area contributed by atoms with Gasteiger partial charge >= 0.3 is 0 Å². The van der Waals surface area contributed by atoms with E-state index in [0.29, 0.717) is 19.0 Å². The summed E-state index contributed by atoms with van der Waals surface area (Å²) in [6.45, 7) is 2.54. The maximum atomic E-state index is 12.1. The van der Waals surface area contributed by atoms with Gasteiger partial charge in [-0.15, -0.1) is 5.10 Å². The summed E-state index contributed by atoms with van der Waals surface area (Å²) in [5.41, 5.74) is 2.79. The average molecular weight is 337 g/mol. The molecular formula is C17H19N7O. The molecule has 8 heteroatoms. The summed E-state index contributed by atoms with van der Waals surface area (Å²) < 4.78 is 3.65. The van der Waals surface area contributed by atoms with Crippen LogP contribution in [0, 0.1) is 6.92 Å². The van der Waals surface area contributed by atoms with Crippen molar-refractivity contribution in [3.05, 3.63) is 42.2 Å². The summed E-state index contributed by atoms with van der Waals surface area (Å²) in [7, 11) is 0. The van der Waals surface area contributed by atoms with Crippen molar-refractivity contribution in [1.29, 1.82) is 0 Å². The van der Waals surface area contributed by atoms with Crippen LogP contribution in [0.3, 0.4) is 0 Å². The van der Waals surface area contributed by atoms with Crippen LogP contribution in [-0.2, 0) is 11.3 Å². The Labute approximate surface area is 144 Å². The van der Waals surface area contributed by atoms with Gasteiger partial charge in [-0.1, -0.05) is 0 Å². The van der Waals surface area contributed by atoms with Gasteiger partial charge in [-0.25, -0.2) is 4.68 Å². The number of amides is 1. The first-order valence-corrected chi connectivity index (χ1v) is 8.36. The van der Waals surface area contributed by atoms with Gasteiger partial charge in [0.1, 0.15) is 0 Å². The largest absolute Gasteiger partial charge is 0.326 e. The molecule has 0 bridgehead atoms. The second kappa shape index (κ2) is 6.46. The first-order valence-electron chi connectivity index (χ1n) is 8.36. The van der Waals surface area contributed by atoms with E-state index in [1.165, 1.54) is 0 Å². The van der Waals surface area contributed by atoms with Crippen LogP contribution in [0.1, 0.15) is 30.9 Å². The van der Waals surface area contributed by atoms with Crippen LogP contribution in [0.5, 0.6) is 0 Å². The molecule has 1 aliphatic rings. The second-order valence-corrected chi connectivity index (χ2v) is 6.33. The summed E-state index contributed by atoms with van der Waals surface area (Å²) >= 11 is 0. The number of hydrogen-bond acceptors (Lipinski definition) is 5. The molecular weight excluding hydrogens is 318 g/mol. The first-order chi connectivity index (χ1) is 12.2. The van der Waals surface area contributed by atoms with Gasteiger partial charge in [-0.05, 0) is 60.0 Å². The van der Waals surface area contributed by atoms with E-state index >= 15 is 0 Å². The van der Waals surface area contributed by atoms with Gasteiger partial charge in [0.2, 0.25) is 5.91 Å². The standard InChI is InChI=1S/C17H19N7O/c1-12-10-18-23(11-12)9-8-16(25)19-14-4-2-13(3-5-14)17-20-21-22-24(17)15-6-7-15/h2-5,10-11,15H,6-9H2,1H3,(H,19,25). The zero-order valence-electron chi connectivity index (χ0n) is 14.0. The van der Waals surface area contributed by atoms with Crippen molar-refractivity contribution < 1.29 is 4.79 Å². The first kappa shape index (κ1) is 15.5. The maximum Gasteiger partial charge on any atom is 0.226 e. The number of rotatable bonds is 6. The third-order valence-corrected chi connectivity index (χ3v) is 4.14. The minimum absolute atomic E-state index is 0.0382. The topological polar surface area (TPSA) is 90.5 Å². The van der Waals surface area contributed by atoms with Crippen molar-refractivity contribution in [2.75, 3.05) is 5.32 Å². The number of carbonyl (C=O) groups excluding carboxylic acids is 1. The van der Waals surface area contributed by atoms with E-state index in [1.807, 2.05) is 42.1 Å². The normalized spacial score (nSPS) is 13.8.